The number of aliphatic hydroxyl groups excluding tert-OH is 2. The molecular formula is C11H19N3O2S. The van der Waals surface area contributed by atoms with Crippen molar-refractivity contribution in [1.29, 1.82) is 0 Å². The largest absolute Gasteiger partial charge is 0.394 e. The first kappa shape index (κ1) is 14.2. The first-order valence-electron chi connectivity index (χ1n) is 5.55. The molecule has 96 valence electrons. The van der Waals surface area contributed by atoms with E-state index in [1.807, 2.05) is 27.0 Å². The molecule has 6 heteroatoms. The predicted octanol–water partition coefficient (Wildman–Crippen LogP) is 1.09. The summed E-state index contributed by atoms with van der Waals surface area (Å²) in [7, 11) is 1.81. The highest BCUT2D eigenvalue weighted by Crippen LogP contribution is 2.22. The molecule has 0 radical (unpaired) electrons. The first-order chi connectivity index (χ1) is 8.06. The minimum Gasteiger partial charge on any atom is -0.394 e. The van der Waals surface area contributed by atoms with Crippen molar-refractivity contribution >= 4 is 17.6 Å². The number of rotatable bonds is 6. The Morgan fingerprint density at radius 1 is 1.41 bits per heavy atom. The van der Waals surface area contributed by atoms with Crippen LogP contribution >= 0.6 is 11.8 Å². The van der Waals surface area contributed by atoms with Gasteiger partial charge >= 0.3 is 0 Å². The van der Waals surface area contributed by atoms with E-state index in [1.54, 1.807) is 0 Å². The Hall–Kier alpha value is -0.850. The zero-order valence-corrected chi connectivity index (χ0v) is 11.2. The molecule has 5 nitrogen and oxygen atoms in total. The van der Waals surface area contributed by atoms with Crippen molar-refractivity contribution in [2.24, 2.45) is 0 Å². The molecule has 1 heterocycles. The van der Waals surface area contributed by atoms with E-state index < -0.39 is 6.10 Å². The number of aromatic nitrogens is 2. The number of anilines is 1. The second kappa shape index (κ2) is 6.78. The summed E-state index contributed by atoms with van der Waals surface area (Å²) < 4.78 is 0. The summed E-state index contributed by atoms with van der Waals surface area (Å²) >= 11 is 1.41. The molecule has 1 atom stereocenters. The van der Waals surface area contributed by atoms with Crippen LogP contribution in [-0.4, -0.2) is 45.7 Å². The summed E-state index contributed by atoms with van der Waals surface area (Å²) in [6.45, 7) is 3.84. The topological polar surface area (TPSA) is 78.3 Å². The molecule has 0 aliphatic rings. The molecule has 0 saturated carbocycles. The zero-order chi connectivity index (χ0) is 12.8. The average molecular weight is 257 g/mol. The van der Waals surface area contributed by atoms with Gasteiger partial charge in [0, 0.05) is 24.8 Å². The van der Waals surface area contributed by atoms with E-state index in [1.165, 1.54) is 11.8 Å². The van der Waals surface area contributed by atoms with Gasteiger partial charge in [0.2, 0.25) is 0 Å². The van der Waals surface area contributed by atoms with Crippen molar-refractivity contribution in [2.75, 3.05) is 24.7 Å². The Morgan fingerprint density at radius 3 is 2.65 bits per heavy atom. The normalized spacial score (nSPS) is 12.8. The predicted molar refractivity (Wildman–Crippen MR) is 69.5 cm³/mol. The Labute approximate surface area is 106 Å². The highest BCUT2D eigenvalue weighted by molar-refractivity contribution is 7.99. The standard InChI is InChI=1S/C11H19N3O2S/c1-7(2)11-13-9(12-3)4-10(14-11)17-6-8(16)5-15/h4,7-8,15-16H,5-6H2,1-3H3,(H,12,13,14). The van der Waals surface area contributed by atoms with Crippen LogP contribution in [0.2, 0.25) is 0 Å². The van der Waals surface area contributed by atoms with Crippen LogP contribution in [0.25, 0.3) is 0 Å². The molecule has 0 bridgehead atoms. The van der Waals surface area contributed by atoms with Crippen LogP contribution in [0.3, 0.4) is 0 Å². The number of hydrogen-bond donors (Lipinski definition) is 3. The SMILES string of the molecule is CNc1cc(SCC(O)CO)nc(C(C)C)n1. The molecule has 1 unspecified atom stereocenters. The third-order valence-electron chi connectivity index (χ3n) is 2.13. The Morgan fingerprint density at radius 2 is 2.12 bits per heavy atom. The third-order valence-corrected chi connectivity index (χ3v) is 3.18. The molecule has 1 aromatic rings. The van der Waals surface area contributed by atoms with Crippen molar-refractivity contribution in [1.82, 2.24) is 9.97 Å². The maximum absolute atomic E-state index is 9.29. The van der Waals surface area contributed by atoms with Gasteiger partial charge in [-0.25, -0.2) is 9.97 Å². The second-order valence-electron chi connectivity index (χ2n) is 4.00. The highest BCUT2D eigenvalue weighted by atomic mass is 32.2. The van der Waals surface area contributed by atoms with E-state index in [9.17, 15) is 5.11 Å². The lowest BCUT2D eigenvalue weighted by atomic mass is 10.2. The first-order valence-corrected chi connectivity index (χ1v) is 6.53. The molecule has 0 amide bonds. The van der Waals surface area contributed by atoms with E-state index in [0.29, 0.717) is 5.75 Å². The van der Waals surface area contributed by atoms with Gasteiger partial charge in [-0.3, -0.25) is 0 Å². The van der Waals surface area contributed by atoms with Gasteiger partial charge in [0.25, 0.3) is 0 Å². The molecular weight excluding hydrogens is 238 g/mol. The monoisotopic (exact) mass is 257 g/mol. The van der Waals surface area contributed by atoms with Crippen LogP contribution in [0, 0.1) is 0 Å². The summed E-state index contributed by atoms with van der Waals surface area (Å²) in [5, 5.41) is 21.8. The molecule has 0 aliphatic carbocycles. The van der Waals surface area contributed by atoms with Crippen LogP contribution in [0.1, 0.15) is 25.6 Å². The molecule has 1 aromatic heterocycles. The van der Waals surface area contributed by atoms with Crippen LogP contribution in [-0.2, 0) is 0 Å². The summed E-state index contributed by atoms with van der Waals surface area (Å²) in [5.41, 5.74) is 0. The Bertz CT molecular complexity index is 361. The van der Waals surface area contributed by atoms with Crippen molar-refractivity contribution < 1.29 is 10.2 Å². The maximum atomic E-state index is 9.29. The fraction of sp³-hybridized carbons (Fsp3) is 0.636. The van der Waals surface area contributed by atoms with Crippen molar-refractivity contribution in [2.45, 2.75) is 30.9 Å². The lowest BCUT2D eigenvalue weighted by molar-refractivity contribution is 0.113. The quantitative estimate of drug-likeness (QED) is 0.523. The Kier molecular flexibility index (Phi) is 5.67. The summed E-state index contributed by atoms with van der Waals surface area (Å²) in [6, 6.07) is 1.83. The molecule has 17 heavy (non-hydrogen) atoms. The summed E-state index contributed by atoms with van der Waals surface area (Å²) in [6.07, 6.45) is -0.712. The van der Waals surface area contributed by atoms with E-state index in [2.05, 4.69) is 15.3 Å². The smallest absolute Gasteiger partial charge is 0.134 e. The molecule has 1 rings (SSSR count). The van der Waals surface area contributed by atoms with Crippen LogP contribution in [0.4, 0.5) is 5.82 Å². The van der Waals surface area contributed by atoms with Gasteiger partial charge in [-0.2, -0.15) is 0 Å². The van der Waals surface area contributed by atoms with Crippen molar-refractivity contribution in [3.05, 3.63) is 11.9 Å². The van der Waals surface area contributed by atoms with Gasteiger partial charge in [0.1, 0.15) is 16.7 Å². The van der Waals surface area contributed by atoms with Crippen molar-refractivity contribution in [3.8, 4) is 0 Å². The number of thioether (sulfide) groups is 1. The lowest BCUT2D eigenvalue weighted by Gasteiger charge is -2.10. The maximum Gasteiger partial charge on any atom is 0.134 e. The number of nitrogens with zero attached hydrogens (tertiary/aromatic N) is 2. The van der Waals surface area contributed by atoms with Gasteiger partial charge in [-0.1, -0.05) is 13.8 Å². The summed E-state index contributed by atoms with van der Waals surface area (Å²) in [4.78, 5) is 8.76. The van der Waals surface area contributed by atoms with E-state index >= 15 is 0 Å². The van der Waals surface area contributed by atoms with E-state index in [-0.39, 0.29) is 12.5 Å². The molecule has 0 saturated heterocycles. The van der Waals surface area contributed by atoms with Gasteiger partial charge in [0.05, 0.1) is 12.7 Å². The number of aliphatic hydroxyl groups is 2. The van der Waals surface area contributed by atoms with E-state index in [0.717, 1.165) is 16.7 Å². The van der Waals surface area contributed by atoms with E-state index in [4.69, 9.17) is 5.11 Å². The van der Waals surface area contributed by atoms with Gasteiger partial charge in [-0.05, 0) is 0 Å². The van der Waals surface area contributed by atoms with Crippen molar-refractivity contribution in [3.63, 3.8) is 0 Å². The van der Waals surface area contributed by atoms with Gasteiger partial charge in [0.15, 0.2) is 0 Å². The highest BCUT2D eigenvalue weighted by Gasteiger charge is 2.09. The third kappa shape index (κ3) is 4.49. The number of hydrogen-bond acceptors (Lipinski definition) is 6. The molecule has 0 aliphatic heterocycles. The average Bonchev–Trinajstić information content (AvgIpc) is 2.35. The summed E-state index contributed by atoms with van der Waals surface area (Å²) in [5.74, 6) is 2.22. The molecule has 3 N–H and O–H groups in total. The van der Waals surface area contributed by atoms with Crippen LogP contribution in [0.15, 0.2) is 11.1 Å². The minimum atomic E-state index is -0.712. The fourth-order valence-corrected chi connectivity index (χ4v) is 1.96. The zero-order valence-electron chi connectivity index (χ0n) is 10.3. The minimum absolute atomic E-state index is 0.228. The Balaban J connectivity index is 2.80. The van der Waals surface area contributed by atoms with Gasteiger partial charge < -0.3 is 15.5 Å². The molecule has 0 spiro atoms. The van der Waals surface area contributed by atoms with Crippen LogP contribution < -0.4 is 5.32 Å². The lowest BCUT2D eigenvalue weighted by Crippen LogP contribution is -2.15. The number of nitrogens with one attached hydrogen (secondary N) is 1. The second-order valence-corrected chi connectivity index (χ2v) is 5.04. The van der Waals surface area contributed by atoms with Gasteiger partial charge in [-0.15, -0.1) is 11.8 Å². The molecule has 0 aromatic carbocycles. The van der Waals surface area contributed by atoms with Crippen LogP contribution in [0.5, 0.6) is 0 Å². The fourth-order valence-electron chi connectivity index (χ4n) is 1.14. The molecule has 0 fully saturated rings.